The number of benzene rings is 2. The minimum absolute atomic E-state index is 0.143. The van der Waals surface area contributed by atoms with E-state index in [2.05, 4.69) is 10.2 Å². The zero-order valence-corrected chi connectivity index (χ0v) is 21.5. The highest BCUT2D eigenvalue weighted by Crippen LogP contribution is 2.36. The fourth-order valence-corrected chi connectivity index (χ4v) is 5.08. The van der Waals surface area contributed by atoms with Gasteiger partial charge in [0.05, 0.1) is 31.0 Å². The second-order valence-corrected chi connectivity index (χ2v) is 10.2. The molecular formula is C28H34F4N2O5. The quantitative estimate of drug-likeness (QED) is 0.390. The van der Waals surface area contributed by atoms with Crippen LogP contribution in [0.2, 0.25) is 0 Å². The number of hydrogen-bond donors (Lipinski definition) is 3. The summed E-state index contributed by atoms with van der Waals surface area (Å²) in [5.74, 6) is -1.01. The van der Waals surface area contributed by atoms with Crippen molar-refractivity contribution in [3.8, 4) is 0 Å². The molecule has 1 heterocycles. The zero-order valence-electron chi connectivity index (χ0n) is 21.5. The lowest BCUT2D eigenvalue weighted by atomic mass is 9.78. The molecule has 2 aromatic rings. The maximum Gasteiger partial charge on any atom is 0.416 e. The third-order valence-corrected chi connectivity index (χ3v) is 7.38. The fraction of sp³-hybridized carbons (Fsp3) is 0.536. The zero-order chi connectivity index (χ0) is 28.0. The molecule has 4 atom stereocenters. The van der Waals surface area contributed by atoms with E-state index in [0.29, 0.717) is 18.7 Å². The van der Waals surface area contributed by atoms with Gasteiger partial charge in [-0.1, -0.05) is 30.3 Å². The average molecular weight is 555 g/mol. The van der Waals surface area contributed by atoms with Crippen LogP contribution >= 0.6 is 0 Å². The van der Waals surface area contributed by atoms with Crippen molar-refractivity contribution in [3.63, 3.8) is 0 Å². The van der Waals surface area contributed by atoms with Crippen LogP contribution in [-0.2, 0) is 33.7 Å². The van der Waals surface area contributed by atoms with Gasteiger partial charge in [-0.25, -0.2) is 4.39 Å². The van der Waals surface area contributed by atoms with Crippen LogP contribution in [0.1, 0.15) is 42.4 Å². The molecule has 2 aliphatic rings. The summed E-state index contributed by atoms with van der Waals surface area (Å²) >= 11 is 0. The molecule has 0 spiro atoms. The van der Waals surface area contributed by atoms with E-state index >= 15 is 0 Å². The molecule has 7 nitrogen and oxygen atoms in total. The van der Waals surface area contributed by atoms with E-state index in [1.807, 2.05) is 0 Å². The first-order valence-corrected chi connectivity index (χ1v) is 13.1. The summed E-state index contributed by atoms with van der Waals surface area (Å²) in [6.45, 7) is 2.49. The van der Waals surface area contributed by atoms with Crippen LogP contribution in [0.25, 0.3) is 0 Å². The van der Waals surface area contributed by atoms with Crippen molar-refractivity contribution in [1.82, 2.24) is 10.2 Å². The summed E-state index contributed by atoms with van der Waals surface area (Å²) < 4.78 is 64.8. The van der Waals surface area contributed by atoms with E-state index in [1.165, 1.54) is 30.3 Å². The van der Waals surface area contributed by atoms with Gasteiger partial charge in [0.2, 0.25) is 0 Å². The number of nitrogens with zero attached hydrogens (tertiary/aromatic N) is 1. The summed E-state index contributed by atoms with van der Waals surface area (Å²) in [5.41, 5.74) is -1.78. The third-order valence-electron chi connectivity index (χ3n) is 7.38. The number of amides is 1. The van der Waals surface area contributed by atoms with Crippen LogP contribution in [0.3, 0.4) is 0 Å². The van der Waals surface area contributed by atoms with Gasteiger partial charge in [0, 0.05) is 31.5 Å². The molecule has 214 valence electrons. The smallest absolute Gasteiger partial charge is 0.390 e. The Balaban J connectivity index is 1.48. The number of carbonyl (C=O) groups is 1. The van der Waals surface area contributed by atoms with Crippen LogP contribution in [0, 0.1) is 5.82 Å². The van der Waals surface area contributed by atoms with Crippen molar-refractivity contribution < 1.29 is 42.0 Å². The molecule has 0 bridgehead atoms. The number of alkyl halides is 3. The van der Waals surface area contributed by atoms with Crippen LogP contribution < -0.4 is 5.32 Å². The second-order valence-electron chi connectivity index (χ2n) is 10.2. The molecule has 3 N–H and O–H groups in total. The van der Waals surface area contributed by atoms with Crippen molar-refractivity contribution in [2.75, 3.05) is 26.2 Å². The van der Waals surface area contributed by atoms with Gasteiger partial charge in [0.25, 0.3) is 5.91 Å². The maximum absolute atomic E-state index is 14.3. The molecule has 2 aromatic carbocycles. The lowest BCUT2D eigenvalue weighted by molar-refractivity contribution is -0.200. The lowest BCUT2D eigenvalue weighted by Crippen LogP contribution is -2.61. The molecule has 0 radical (unpaired) electrons. The Morgan fingerprint density at radius 3 is 2.38 bits per heavy atom. The summed E-state index contributed by atoms with van der Waals surface area (Å²) in [6.07, 6.45) is -6.46. The molecule has 1 aliphatic heterocycles. The van der Waals surface area contributed by atoms with Gasteiger partial charge in [0.1, 0.15) is 11.9 Å². The molecule has 0 aromatic heterocycles. The molecule has 1 amide bonds. The van der Waals surface area contributed by atoms with Crippen molar-refractivity contribution in [1.29, 1.82) is 0 Å². The Hall–Kier alpha value is -2.57. The van der Waals surface area contributed by atoms with Crippen molar-refractivity contribution in [2.24, 2.45) is 0 Å². The number of rotatable bonds is 10. The van der Waals surface area contributed by atoms with Gasteiger partial charge in [-0.05, 0) is 49.7 Å². The van der Waals surface area contributed by atoms with Crippen molar-refractivity contribution in [3.05, 3.63) is 71.0 Å². The highest BCUT2D eigenvalue weighted by atomic mass is 19.4. The van der Waals surface area contributed by atoms with Crippen molar-refractivity contribution >= 4 is 5.91 Å². The predicted molar refractivity (Wildman–Crippen MR) is 134 cm³/mol. The highest BCUT2D eigenvalue weighted by molar-refractivity contribution is 5.85. The molecule has 11 heteroatoms. The number of carbonyl (C=O) groups excluding carboxylic acids is 1. The predicted octanol–water partition coefficient (Wildman–Crippen LogP) is 3.41. The van der Waals surface area contributed by atoms with Crippen LogP contribution in [0.5, 0.6) is 0 Å². The van der Waals surface area contributed by atoms with Gasteiger partial charge in [-0.15, -0.1) is 0 Å². The number of halogens is 4. The average Bonchev–Trinajstić information content (AvgIpc) is 3.42. The minimum atomic E-state index is -4.47. The number of aliphatic hydroxyl groups is 2. The Kier molecular flexibility index (Phi) is 9.60. The van der Waals surface area contributed by atoms with Crippen LogP contribution in [0.15, 0.2) is 48.5 Å². The summed E-state index contributed by atoms with van der Waals surface area (Å²) in [5, 5.41) is 24.2. The largest absolute Gasteiger partial charge is 0.416 e. The third kappa shape index (κ3) is 7.55. The molecular weight excluding hydrogens is 520 g/mol. The van der Waals surface area contributed by atoms with Gasteiger partial charge in [-0.3, -0.25) is 4.79 Å². The lowest BCUT2D eigenvalue weighted by Gasteiger charge is -2.44. The van der Waals surface area contributed by atoms with Gasteiger partial charge < -0.3 is 29.9 Å². The number of nitrogens with one attached hydrogen (secondary N) is 1. The Labute approximate surface area is 224 Å². The molecule has 39 heavy (non-hydrogen) atoms. The SMILES string of the molecule is O=C(NCCN1CCCC1)[C@@]1(OCc2ccccc2F)CC(OCc2ccc(C(F)(F)F)cc2)[C@H](O)[C@H](O)C1. The topological polar surface area (TPSA) is 91.3 Å². The Morgan fingerprint density at radius 1 is 1.03 bits per heavy atom. The van der Waals surface area contributed by atoms with Gasteiger partial charge in [0.15, 0.2) is 5.60 Å². The first-order valence-electron chi connectivity index (χ1n) is 13.1. The maximum atomic E-state index is 14.3. The Bertz CT molecular complexity index is 1090. The van der Waals surface area contributed by atoms with E-state index in [0.717, 1.165) is 38.1 Å². The standard InChI is InChI=1S/C28H34F4N2O5/c29-22-6-2-1-5-20(22)18-39-27(26(37)33-11-14-34-12-3-4-13-34)15-23(35)25(36)24(16-27)38-17-19-7-9-21(10-8-19)28(30,31)32/h1-2,5-10,23-25,35-36H,3-4,11-18H2,(H,33,37)/t23-,24?,25-,27+/m1/s1. The minimum Gasteiger partial charge on any atom is -0.390 e. The molecule has 4 rings (SSSR count). The van der Waals surface area contributed by atoms with E-state index < -0.39 is 47.4 Å². The highest BCUT2D eigenvalue weighted by Gasteiger charge is 2.51. The summed E-state index contributed by atoms with van der Waals surface area (Å²) in [7, 11) is 0. The molecule has 1 saturated heterocycles. The van der Waals surface area contributed by atoms with Gasteiger partial charge in [-0.2, -0.15) is 13.2 Å². The fourth-order valence-electron chi connectivity index (χ4n) is 5.08. The van der Waals surface area contributed by atoms with E-state index in [1.54, 1.807) is 6.07 Å². The first-order chi connectivity index (χ1) is 18.6. The summed E-state index contributed by atoms with van der Waals surface area (Å²) in [4.78, 5) is 15.7. The summed E-state index contributed by atoms with van der Waals surface area (Å²) in [6, 6.07) is 10.4. The van der Waals surface area contributed by atoms with Gasteiger partial charge >= 0.3 is 6.18 Å². The monoisotopic (exact) mass is 554 g/mol. The molecule has 1 aliphatic carbocycles. The first kappa shape index (κ1) is 29.4. The normalized spacial score (nSPS) is 26.1. The Morgan fingerprint density at radius 2 is 1.72 bits per heavy atom. The van der Waals surface area contributed by atoms with E-state index in [9.17, 15) is 32.6 Å². The second kappa shape index (κ2) is 12.7. The number of likely N-dealkylation sites (tertiary alicyclic amines) is 1. The van der Waals surface area contributed by atoms with Crippen molar-refractivity contribution in [2.45, 2.75) is 69.0 Å². The molecule has 1 saturated carbocycles. The van der Waals surface area contributed by atoms with E-state index in [-0.39, 0.29) is 31.6 Å². The van der Waals surface area contributed by atoms with E-state index in [4.69, 9.17) is 9.47 Å². The van der Waals surface area contributed by atoms with Crippen LogP contribution in [-0.4, -0.2) is 71.1 Å². The number of hydrogen-bond acceptors (Lipinski definition) is 6. The molecule has 1 unspecified atom stereocenters. The number of ether oxygens (including phenoxy) is 2. The molecule has 2 fully saturated rings. The van der Waals surface area contributed by atoms with Crippen LogP contribution in [0.4, 0.5) is 17.6 Å². The number of aliphatic hydroxyl groups excluding tert-OH is 2.